The molecule has 2 aromatic rings. The lowest BCUT2D eigenvalue weighted by Gasteiger charge is -2.11. The van der Waals surface area contributed by atoms with E-state index >= 15 is 0 Å². The van der Waals surface area contributed by atoms with Gasteiger partial charge in [-0.1, -0.05) is 24.3 Å². The fourth-order valence-corrected chi connectivity index (χ4v) is 2.54. The van der Waals surface area contributed by atoms with Gasteiger partial charge >= 0.3 is 0 Å². The molecule has 1 fully saturated rings. The molecule has 0 saturated carbocycles. The van der Waals surface area contributed by atoms with Crippen molar-refractivity contribution in [3.8, 4) is 23.0 Å². The molecule has 1 saturated heterocycles. The lowest BCUT2D eigenvalue weighted by atomic mass is 10.1. The first-order valence-electron chi connectivity index (χ1n) is 9.22. The molecule has 0 radical (unpaired) electrons. The van der Waals surface area contributed by atoms with Crippen molar-refractivity contribution in [1.82, 2.24) is 0 Å². The van der Waals surface area contributed by atoms with Gasteiger partial charge in [0.1, 0.15) is 12.7 Å². The molecule has 1 aliphatic rings. The Kier molecular flexibility index (Phi) is 7.17. The van der Waals surface area contributed by atoms with Crippen molar-refractivity contribution in [3.05, 3.63) is 47.5 Å². The van der Waals surface area contributed by atoms with Gasteiger partial charge in [0.15, 0.2) is 29.8 Å². The van der Waals surface area contributed by atoms with Crippen molar-refractivity contribution >= 4 is 12.2 Å². The normalized spacial score (nSPS) is 15.5. The lowest BCUT2D eigenvalue weighted by Crippen LogP contribution is -2.05. The van der Waals surface area contributed by atoms with Crippen LogP contribution in [0.5, 0.6) is 23.0 Å². The summed E-state index contributed by atoms with van der Waals surface area (Å²) in [7, 11) is 3.25. The Hall–Kier alpha value is -2.70. The highest BCUT2D eigenvalue weighted by Crippen LogP contribution is 2.31. The number of hydrogen-bond acceptors (Lipinski definition) is 6. The van der Waals surface area contributed by atoms with Gasteiger partial charge in [0.25, 0.3) is 0 Å². The molecule has 1 atom stereocenters. The smallest absolute Gasteiger partial charge is 0.189 e. The minimum Gasteiger partial charge on any atom is -0.493 e. The summed E-state index contributed by atoms with van der Waals surface area (Å²) >= 11 is 0. The van der Waals surface area contributed by atoms with Gasteiger partial charge < -0.3 is 28.4 Å². The number of ether oxygens (including phenoxy) is 6. The average molecular weight is 386 g/mol. The molecule has 0 amide bonds. The van der Waals surface area contributed by atoms with Gasteiger partial charge in [0.05, 0.1) is 20.8 Å². The molecule has 2 aromatic carbocycles. The van der Waals surface area contributed by atoms with Crippen LogP contribution in [0.25, 0.3) is 12.2 Å². The third-order valence-corrected chi connectivity index (χ3v) is 4.17. The molecular formula is C22H26O6. The number of epoxide rings is 1. The molecule has 3 rings (SSSR count). The minimum absolute atomic E-state index is 0.198. The molecule has 150 valence electrons. The average Bonchev–Trinajstić information content (AvgIpc) is 3.56. The molecule has 6 nitrogen and oxygen atoms in total. The maximum absolute atomic E-state index is 5.74. The number of methoxy groups -OCH3 is 2. The van der Waals surface area contributed by atoms with Crippen LogP contribution in [0.15, 0.2) is 36.4 Å². The summed E-state index contributed by atoms with van der Waals surface area (Å²) in [6.45, 7) is 4.03. The molecule has 0 aromatic heterocycles. The van der Waals surface area contributed by atoms with Crippen LogP contribution in [-0.4, -0.2) is 46.9 Å². The van der Waals surface area contributed by atoms with E-state index < -0.39 is 0 Å². The highest BCUT2D eigenvalue weighted by molar-refractivity contribution is 5.72. The minimum atomic E-state index is 0.198. The van der Waals surface area contributed by atoms with E-state index in [1.807, 2.05) is 55.5 Å². The van der Waals surface area contributed by atoms with Crippen LogP contribution in [0, 0.1) is 0 Å². The van der Waals surface area contributed by atoms with Gasteiger partial charge in [-0.2, -0.15) is 0 Å². The first-order chi connectivity index (χ1) is 13.7. The fraction of sp³-hybridized carbons (Fsp3) is 0.364. The molecule has 0 spiro atoms. The Morgan fingerprint density at radius 1 is 0.893 bits per heavy atom. The van der Waals surface area contributed by atoms with Gasteiger partial charge in [0, 0.05) is 6.61 Å². The zero-order valence-corrected chi connectivity index (χ0v) is 16.5. The van der Waals surface area contributed by atoms with Crippen molar-refractivity contribution in [2.45, 2.75) is 13.0 Å². The van der Waals surface area contributed by atoms with Crippen molar-refractivity contribution in [2.75, 3.05) is 40.8 Å². The number of benzene rings is 2. The van der Waals surface area contributed by atoms with Gasteiger partial charge in [-0.25, -0.2) is 0 Å². The van der Waals surface area contributed by atoms with E-state index in [9.17, 15) is 0 Å². The first kappa shape index (κ1) is 20.0. The Morgan fingerprint density at radius 2 is 1.46 bits per heavy atom. The van der Waals surface area contributed by atoms with Crippen LogP contribution >= 0.6 is 0 Å². The summed E-state index contributed by atoms with van der Waals surface area (Å²) < 4.78 is 32.5. The quantitative estimate of drug-likeness (QED) is 0.252. The Morgan fingerprint density at radius 3 is 1.96 bits per heavy atom. The summed E-state index contributed by atoms with van der Waals surface area (Å²) in [5.74, 6) is 2.72. The van der Waals surface area contributed by atoms with Crippen molar-refractivity contribution in [3.63, 3.8) is 0 Å². The summed E-state index contributed by atoms with van der Waals surface area (Å²) in [6, 6.07) is 11.6. The predicted octanol–water partition coefficient (Wildman–Crippen LogP) is 4.02. The SMILES string of the molecule is CCOCOc1ccc(/C=C/c2ccc(OCC3CO3)c(OC)c2)cc1OC. The highest BCUT2D eigenvalue weighted by Gasteiger charge is 2.23. The number of hydrogen-bond donors (Lipinski definition) is 0. The van der Waals surface area contributed by atoms with Crippen molar-refractivity contribution in [1.29, 1.82) is 0 Å². The van der Waals surface area contributed by atoms with Gasteiger partial charge in [0.2, 0.25) is 0 Å². The van der Waals surface area contributed by atoms with Crippen LogP contribution in [-0.2, 0) is 9.47 Å². The second-order valence-electron chi connectivity index (χ2n) is 6.18. The lowest BCUT2D eigenvalue weighted by molar-refractivity contribution is 0.0209. The zero-order chi connectivity index (χ0) is 19.8. The Balaban J connectivity index is 1.68. The molecular weight excluding hydrogens is 360 g/mol. The van der Waals surface area contributed by atoms with E-state index in [1.54, 1.807) is 14.2 Å². The van der Waals surface area contributed by atoms with Crippen molar-refractivity contribution < 1.29 is 28.4 Å². The first-order valence-corrected chi connectivity index (χ1v) is 9.22. The van der Waals surface area contributed by atoms with Crippen LogP contribution in [0.3, 0.4) is 0 Å². The van der Waals surface area contributed by atoms with E-state index in [2.05, 4.69) is 0 Å². The fourth-order valence-electron chi connectivity index (χ4n) is 2.54. The summed E-state index contributed by atoms with van der Waals surface area (Å²) in [5, 5.41) is 0. The van der Waals surface area contributed by atoms with Crippen LogP contribution in [0.1, 0.15) is 18.1 Å². The van der Waals surface area contributed by atoms with E-state index in [0.717, 1.165) is 17.7 Å². The predicted molar refractivity (Wildman–Crippen MR) is 107 cm³/mol. The third-order valence-electron chi connectivity index (χ3n) is 4.17. The molecule has 1 aliphatic heterocycles. The van der Waals surface area contributed by atoms with Crippen LogP contribution < -0.4 is 18.9 Å². The van der Waals surface area contributed by atoms with Crippen LogP contribution in [0.2, 0.25) is 0 Å². The molecule has 0 N–H and O–H groups in total. The third kappa shape index (κ3) is 5.65. The topological polar surface area (TPSA) is 58.7 Å². The van der Waals surface area contributed by atoms with Gasteiger partial charge in [-0.3, -0.25) is 0 Å². The van der Waals surface area contributed by atoms with E-state index in [1.165, 1.54) is 0 Å². The molecule has 1 heterocycles. The van der Waals surface area contributed by atoms with Gasteiger partial charge in [-0.05, 0) is 42.3 Å². The highest BCUT2D eigenvalue weighted by atomic mass is 16.7. The monoisotopic (exact) mass is 386 g/mol. The maximum atomic E-state index is 5.74. The van der Waals surface area contributed by atoms with E-state index in [4.69, 9.17) is 28.4 Å². The Bertz CT molecular complexity index is 798. The summed E-state index contributed by atoms with van der Waals surface area (Å²) in [6.07, 6.45) is 4.22. The molecule has 6 heteroatoms. The Labute approximate surface area is 165 Å². The molecule has 28 heavy (non-hydrogen) atoms. The standard InChI is InChI=1S/C22H26O6/c1-4-25-15-28-20-10-8-17(12-22(20)24-3)6-5-16-7-9-19(21(11-16)23-2)27-14-18-13-26-18/h5-12,18H,4,13-15H2,1-3H3/b6-5+. The second kappa shape index (κ2) is 10.0. The second-order valence-corrected chi connectivity index (χ2v) is 6.18. The summed E-state index contributed by atoms with van der Waals surface area (Å²) in [4.78, 5) is 0. The molecule has 0 aliphatic carbocycles. The van der Waals surface area contributed by atoms with Gasteiger partial charge in [-0.15, -0.1) is 0 Å². The van der Waals surface area contributed by atoms with Crippen LogP contribution in [0.4, 0.5) is 0 Å². The number of rotatable bonds is 11. The largest absolute Gasteiger partial charge is 0.493 e. The zero-order valence-electron chi connectivity index (χ0n) is 16.5. The molecule has 0 bridgehead atoms. The van der Waals surface area contributed by atoms with E-state index in [0.29, 0.717) is 36.2 Å². The maximum Gasteiger partial charge on any atom is 0.189 e. The van der Waals surface area contributed by atoms with E-state index in [-0.39, 0.29) is 12.9 Å². The van der Waals surface area contributed by atoms with Crippen molar-refractivity contribution in [2.24, 2.45) is 0 Å². The summed E-state index contributed by atoms with van der Waals surface area (Å²) in [5.41, 5.74) is 1.99. The molecule has 1 unspecified atom stereocenters.